The summed E-state index contributed by atoms with van der Waals surface area (Å²) in [7, 11) is 0. The van der Waals surface area contributed by atoms with Gasteiger partial charge in [-0.3, -0.25) is 4.79 Å². The van der Waals surface area contributed by atoms with Gasteiger partial charge < -0.3 is 15.2 Å². The van der Waals surface area contributed by atoms with Crippen LogP contribution < -0.4 is 10.1 Å². The Balaban J connectivity index is 1.89. The monoisotopic (exact) mass is 285 g/mol. The van der Waals surface area contributed by atoms with Crippen molar-refractivity contribution < 1.29 is 14.6 Å². The van der Waals surface area contributed by atoms with Crippen LogP contribution in [-0.4, -0.2) is 17.6 Å². The Hall–Kier alpha value is -2.33. The summed E-state index contributed by atoms with van der Waals surface area (Å²) in [5.74, 6) is 0.295. The van der Waals surface area contributed by atoms with Crippen LogP contribution in [0.5, 0.6) is 5.75 Å². The molecule has 0 saturated heterocycles. The van der Waals surface area contributed by atoms with Crippen molar-refractivity contribution in [2.24, 2.45) is 0 Å². The molecule has 0 bridgehead atoms. The van der Waals surface area contributed by atoms with Gasteiger partial charge in [0.25, 0.3) is 5.91 Å². The van der Waals surface area contributed by atoms with Crippen molar-refractivity contribution in [3.05, 3.63) is 59.7 Å². The smallest absolute Gasteiger partial charge is 0.262 e. The van der Waals surface area contributed by atoms with Crippen LogP contribution in [0.3, 0.4) is 0 Å². The largest absolute Gasteiger partial charge is 0.483 e. The number of rotatable bonds is 6. The van der Waals surface area contributed by atoms with Crippen molar-refractivity contribution in [1.82, 2.24) is 0 Å². The first-order valence-electron chi connectivity index (χ1n) is 6.93. The molecule has 2 aromatic carbocycles. The van der Waals surface area contributed by atoms with E-state index in [4.69, 9.17) is 4.74 Å². The normalized spacial score (nSPS) is 10.2. The van der Waals surface area contributed by atoms with Crippen molar-refractivity contribution in [3.63, 3.8) is 0 Å². The van der Waals surface area contributed by atoms with Gasteiger partial charge in [-0.1, -0.05) is 37.3 Å². The lowest BCUT2D eigenvalue weighted by Gasteiger charge is -2.10. The molecular weight excluding hydrogens is 266 g/mol. The predicted molar refractivity (Wildman–Crippen MR) is 82.3 cm³/mol. The maximum absolute atomic E-state index is 11.8. The molecule has 0 radical (unpaired) electrons. The van der Waals surface area contributed by atoms with Gasteiger partial charge in [-0.25, -0.2) is 0 Å². The second kappa shape index (κ2) is 7.45. The molecule has 0 aliphatic carbocycles. The van der Waals surface area contributed by atoms with Gasteiger partial charge >= 0.3 is 0 Å². The molecule has 21 heavy (non-hydrogen) atoms. The third kappa shape index (κ3) is 4.33. The number of carbonyl (C=O) groups is 1. The Labute approximate surface area is 124 Å². The molecule has 2 aromatic rings. The minimum absolute atomic E-state index is 0.0907. The van der Waals surface area contributed by atoms with Gasteiger partial charge in [0.05, 0.1) is 6.61 Å². The van der Waals surface area contributed by atoms with E-state index in [1.54, 1.807) is 18.2 Å². The number of benzene rings is 2. The molecule has 0 aliphatic heterocycles. The molecule has 2 N–H and O–H groups in total. The number of hydrogen-bond acceptors (Lipinski definition) is 3. The van der Waals surface area contributed by atoms with Gasteiger partial charge in [0.1, 0.15) is 5.75 Å². The third-order valence-electron chi connectivity index (χ3n) is 3.15. The second-order valence-corrected chi connectivity index (χ2v) is 4.65. The molecule has 1 amide bonds. The zero-order valence-corrected chi connectivity index (χ0v) is 12.0. The van der Waals surface area contributed by atoms with Crippen molar-refractivity contribution in [2.45, 2.75) is 20.0 Å². The van der Waals surface area contributed by atoms with Crippen molar-refractivity contribution in [3.8, 4) is 5.75 Å². The van der Waals surface area contributed by atoms with Crippen molar-refractivity contribution >= 4 is 11.6 Å². The lowest BCUT2D eigenvalue weighted by molar-refractivity contribution is -0.118. The number of anilines is 1. The number of aliphatic hydroxyl groups excluding tert-OH is 1. The highest BCUT2D eigenvalue weighted by molar-refractivity contribution is 5.91. The van der Waals surface area contributed by atoms with Crippen LogP contribution >= 0.6 is 0 Å². The number of nitrogens with one attached hydrogen (secondary N) is 1. The van der Waals surface area contributed by atoms with E-state index in [9.17, 15) is 9.90 Å². The van der Waals surface area contributed by atoms with E-state index < -0.39 is 0 Å². The van der Waals surface area contributed by atoms with Crippen LogP contribution in [-0.2, 0) is 17.8 Å². The van der Waals surface area contributed by atoms with Gasteiger partial charge in [0, 0.05) is 11.3 Å². The van der Waals surface area contributed by atoms with Crippen molar-refractivity contribution in [2.75, 3.05) is 11.9 Å². The van der Waals surface area contributed by atoms with E-state index in [1.165, 1.54) is 5.56 Å². The summed E-state index contributed by atoms with van der Waals surface area (Å²) in [5, 5.41) is 12.0. The fourth-order valence-electron chi connectivity index (χ4n) is 1.94. The zero-order chi connectivity index (χ0) is 15.1. The standard InChI is InChI=1S/C17H19NO3/c1-2-13-7-9-15(10-8-13)18-17(20)12-21-16-6-4-3-5-14(16)11-19/h3-10,19H,2,11-12H2,1H3,(H,18,20). The number of ether oxygens (including phenoxy) is 1. The first-order chi connectivity index (χ1) is 10.2. The second-order valence-electron chi connectivity index (χ2n) is 4.65. The lowest BCUT2D eigenvalue weighted by atomic mass is 10.1. The Bertz CT molecular complexity index is 593. The van der Waals surface area contributed by atoms with E-state index in [0.29, 0.717) is 11.3 Å². The van der Waals surface area contributed by atoms with Gasteiger partial charge in [0.2, 0.25) is 0 Å². The average Bonchev–Trinajstić information content (AvgIpc) is 2.54. The fraction of sp³-hybridized carbons (Fsp3) is 0.235. The van der Waals surface area contributed by atoms with E-state index in [1.807, 2.05) is 30.3 Å². The summed E-state index contributed by atoms with van der Waals surface area (Å²) < 4.78 is 5.43. The number of amides is 1. The third-order valence-corrected chi connectivity index (χ3v) is 3.15. The number of para-hydroxylation sites is 1. The van der Waals surface area contributed by atoms with Crippen molar-refractivity contribution in [1.29, 1.82) is 0 Å². The summed E-state index contributed by atoms with van der Waals surface area (Å²) >= 11 is 0. The van der Waals surface area contributed by atoms with Crippen LogP contribution in [0.25, 0.3) is 0 Å². The summed E-state index contributed by atoms with van der Waals surface area (Å²) in [6, 6.07) is 14.8. The Morgan fingerprint density at radius 1 is 1.14 bits per heavy atom. The molecule has 4 nitrogen and oxygen atoms in total. The van der Waals surface area contributed by atoms with Gasteiger partial charge in [-0.05, 0) is 30.2 Å². The minimum atomic E-state index is -0.230. The molecule has 0 aliphatic rings. The highest BCUT2D eigenvalue weighted by atomic mass is 16.5. The zero-order valence-electron chi connectivity index (χ0n) is 12.0. The van der Waals surface area contributed by atoms with Crippen LogP contribution in [0.2, 0.25) is 0 Å². The van der Waals surface area contributed by atoms with E-state index in [-0.39, 0.29) is 19.1 Å². The molecule has 4 heteroatoms. The molecule has 0 saturated carbocycles. The predicted octanol–water partition coefficient (Wildman–Crippen LogP) is 2.76. The number of carbonyl (C=O) groups excluding carboxylic acids is 1. The summed E-state index contributed by atoms with van der Waals surface area (Å²) in [4.78, 5) is 11.8. The minimum Gasteiger partial charge on any atom is -0.483 e. The first-order valence-corrected chi connectivity index (χ1v) is 6.93. The molecule has 0 unspecified atom stereocenters. The molecule has 0 atom stereocenters. The lowest BCUT2D eigenvalue weighted by Crippen LogP contribution is -2.20. The maximum atomic E-state index is 11.8. The molecule has 0 fully saturated rings. The molecule has 110 valence electrons. The average molecular weight is 285 g/mol. The van der Waals surface area contributed by atoms with Gasteiger partial charge in [-0.15, -0.1) is 0 Å². The van der Waals surface area contributed by atoms with E-state index >= 15 is 0 Å². The Kier molecular flexibility index (Phi) is 5.35. The number of aliphatic hydroxyl groups is 1. The Morgan fingerprint density at radius 2 is 1.86 bits per heavy atom. The van der Waals surface area contributed by atoms with Crippen LogP contribution in [0, 0.1) is 0 Å². The highest BCUT2D eigenvalue weighted by Crippen LogP contribution is 2.17. The van der Waals surface area contributed by atoms with E-state index in [2.05, 4.69) is 12.2 Å². The first kappa shape index (κ1) is 15.1. The summed E-state index contributed by atoms with van der Waals surface area (Å²) in [6.07, 6.45) is 0.968. The summed E-state index contributed by atoms with van der Waals surface area (Å²) in [5.41, 5.74) is 2.63. The summed E-state index contributed by atoms with van der Waals surface area (Å²) in [6.45, 7) is 1.88. The number of hydrogen-bond donors (Lipinski definition) is 2. The Morgan fingerprint density at radius 3 is 2.52 bits per heavy atom. The molecule has 2 rings (SSSR count). The molecule has 0 aromatic heterocycles. The van der Waals surface area contributed by atoms with Gasteiger partial charge in [-0.2, -0.15) is 0 Å². The number of aryl methyl sites for hydroxylation is 1. The fourth-order valence-corrected chi connectivity index (χ4v) is 1.94. The highest BCUT2D eigenvalue weighted by Gasteiger charge is 2.06. The van der Waals surface area contributed by atoms with E-state index in [0.717, 1.165) is 12.1 Å². The SMILES string of the molecule is CCc1ccc(NC(=O)COc2ccccc2CO)cc1. The van der Waals surface area contributed by atoms with Gasteiger partial charge in [0.15, 0.2) is 6.61 Å². The van der Waals surface area contributed by atoms with Crippen LogP contribution in [0.1, 0.15) is 18.1 Å². The quantitative estimate of drug-likeness (QED) is 0.858. The molecule has 0 spiro atoms. The van der Waals surface area contributed by atoms with Crippen LogP contribution in [0.15, 0.2) is 48.5 Å². The molecule has 0 heterocycles. The van der Waals surface area contributed by atoms with Crippen LogP contribution in [0.4, 0.5) is 5.69 Å². The maximum Gasteiger partial charge on any atom is 0.262 e. The molecular formula is C17H19NO3. The topological polar surface area (TPSA) is 58.6 Å².